The van der Waals surface area contributed by atoms with E-state index in [4.69, 9.17) is 4.74 Å². The fourth-order valence-electron chi connectivity index (χ4n) is 3.43. The molecule has 35 heavy (non-hydrogen) atoms. The Morgan fingerprint density at radius 2 is 1.83 bits per heavy atom. The summed E-state index contributed by atoms with van der Waals surface area (Å²) < 4.78 is 62.2. The number of hydrogen-bond donors (Lipinski definition) is 2. The zero-order chi connectivity index (χ0) is 24.6. The zero-order valence-corrected chi connectivity index (χ0v) is 17.5. The standard InChI is InChI=1S/C23H14F4N6O2/c24-16-12-13(6-7-18(16)35-17-9-11-29-21-15(17)8-10-28-21)30-22(34)19-20(23(25,26)27)33(32-31-19)14-4-2-1-3-5-14/h1-12H,(H,28,29)(H,30,34). The third kappa shape index (κ3) is 4.28. The second-order valence-electron chi connectivity index (χ2n) is 7.28. The molecule has 5 rings (SSSR count). The van der Waals surface area contributed by atoms with Gasteiger partial charge >= 0.3 is 6.18 Å². The zero-order valence-electron chi connectivity index (χ0n) is 17.5. The van der Waals surface area contributed by atoms with Gasteiger partial charge in [-0.15, -0.1) is 5.10 Å². The van der Waals surface area contributed by atoms with Crippen molar-refractivity contribution in [3.05, 3.63) is 90.3 Å². The topological polar surface area (TPSA) is 97.7 Å². The molecule has 0 fully saturated rings. The molecule has 0 radical (unpaired) electrons. The van der Waals surface area contributed by atoms with E-state index in [0.29, 0.717) is 21.5 Å². The van der Waals surface area contributed by atoms with Crippen molar-refractivity contribution in [3.63, 3.8) is 0 Å². The van der Waals surface area contributed by atoms with Gasteiger partial charge in [0.2, 0.25) is 0 Å². The van der Waals surface area contributed by atoms with Crippen LogP contribution in [0, 0.1) is 5.82 Å². The van der Waals surface area contributed by atoms with Crippen molar-refractivity contribution in [2.75, 3.05) is 5.32 Å². The van der Waals surface area contributed by atoms with E-state index in [1.54, 1.807) is 24.4 Å². The van der Waals surface area contributed by atoms with Crippen LogP contribution < -0.4 is 10.1 Å². The number of benzene rings is 2. The van der Waals surface area contributed by atoms with Crippen molar-refractivity contribution in [1.29, 1.82) is 0 Å². The van der Waals surface area contributed by atoms with Crippen LogP contribution >= 0.6 is 0 Å². The number of hydrogen-bond acceptors (Lipinski definition) is 5. The average molecular weight is 482 g/mol. The van der Waals surface area contributed by atoms with Crippen LogP contribution in [0.15, 0.2) is 73.1 Å². The molecule has 0 aliphatic carbocycles. The molecule has 0 spiro atoms. The lowest BCUT2D eigenvalue weighted by molar-refractivity contribution is -0.143. The highest BCUT2D eigenvalue weighted by Crippen LogP contribution is 2.34. The van der Waals surface area contributed by atoms with Crippen molar-refractivity contribution in [2.45, 2.75) is 6.18 Å². The highest BCUT2D eigenvalue weighted by atomic mass is 19.4. The molecule has 0 saturated carbocycles. The molecule has 3 heterocycles. The highest BCUT2D eigenvalue weighted by Gasteiger charge is 2.42. The Balaban J connectivity index is 1.40. The van der Waals surface area contributed by atoms with Crippen LogP contribution in [0.25, 0.3) is 16.7 Å². The number of aromatic nitrogens is 5. The molecule has 0 aliphatic heterocycles. The molecule has 1 amide bonds. The normalized spacial score (nSPS) is 11.5. The molecule has 3 aromatic heterocycles. The van der Waals surface area contributed by atoms with Gasteiger partial charge in [0.15, 0.2) is 23.0 Å². The summed E-state index contributed by atoms with van der Waals surface area (Å²) in [6, 6.07) is 14.2. The average Bonchev–Trinajstić information content (AvgIpc) is 3.49. The van der Waals surface area contributed by atoms with Crippen molar-refractivity contribution >= 4 is 22.6 Å². The number of pyridine rings is 1. The molecule has 12 heteroatoms. The number of fused-ring (bicyclic) bond motifs is 1. The third-order valence-electron chi connectivity index (χ3n) is 4.98. The maximum Gasteiger partial charge on any atom is 0.435 e. The molecule has 0 atom stereocenters. The first-order valence-electron chi connectivity index (χ1n) is 10.1. The number of carbonyl (C=O) groups excluding carboxylic acids is 1. The predicted molar refractivity (Wildman–Crippen MR) is 117 cm³/mol. The van der Waals surface area contributed by atoms with E-state index in [9.17, 15) is 22.4 Å². The fraction of sp³-hybridized carbons (Fsp3) is 0.0435. The van der Waals surface area contributed by atoms with Gasteiger partial charge < -0.3 is 15.0 Å². The lowest BCUT2D eigenvalue weighted by Crippen LogP contribution is -2.21. The number of carbonyl (C=O) groups is 1. The van der Waals surface area contributed by atoms with E-state index in [1.165, 1.54) is 42.6 Å². The lowest BCUT2D eigenvalue weighted by atomic mass is 10.2. The summed E-state index contributed by atoms with van der Waals surface area (Å²) in [5.74, 6) is -1.84. The number of ether oxygens (including phenoxy) is 1. The quantitative estimate of drug-likeness (QED) is 0.330. The third-order valence-corrected chi connectivity index (χ3v) is 4.98. The maximum absolute atomic E-state index is 14.7. The van der Waals surface area contributed by atoms with Crippen molar-refractivity contribution < 1.29 is 27.1 Å². The summed E-state index contributed by atoms with van der Waals surface area (Å²) in [6.45, 7) is 0. The van der Waals surface area contributed by atoms with E-state index < -0.39 is 29.3 Å². The van der Waals surface area contributed by atoms with E-state index in [2.05, 4.69) is 25.6 Å². The van der Waals surface area contributed by atoms with Crippen molar-refractivity contribution in [2.24, 2.45) is 0 Å². The Bertz CT molecular complexity index is 1530. The monoisotopic (exact) mass is 482 g/mol. The van der Waals surface area contributed by atoms with Gasteiger partial charge in [0.1, 0.15) is 11.4 Å². The van der Waals surface area contributed by atoms with Crippen LogP contribution in [0.2, 0.25) is 0 Å². The van der Waals surface area contributed by atoms with E-state index >= 15 is 0 Å². The summed E-state index contributed by atoms with van der Waals surface area (Å²) in [6.07, 6.45) is -1.78. The number of amides is 1. The van der Waals surface area contributed by atoms with E-state index in [-0.39, 0.29) is 17.1 Å². The van der Waals surface area contributed by atoms with Gasteiger partial charge in [0.05, 0.1) is 11.1 Å². The number of nitrogens with one attached hydrogen (secondary N) is 2. The number of H-pyrrole nitrogens is 1. The van der Waals surface area contributed by atoms with Gasteiger partial charge in [-0.05, 0) is 36.4 Å². The minimum Gasteiger partial charge on any atom is -0.453 e. The molecular weight excluding hydrogens is 468 g/mol. The first-order valence-corrected chi connectivity index (χ1v) is 10.1. The second kappa shape index (κ2) is 8.56. The Hall–Kier alpha value is -4.74. The molecule has 0 aliphatic rings. The largest absolute Gasteiger partial charge is 0.453 e. The molecule has 0 saturated heterocycles. The smallest absolute Gasteiger partial charge is 0.435 e. The van der Waals surface area contributed by atoms with Crippen LogP contribution in [0.1, 0.15) is 16.2 Å². The summed E-state index contributed by atoms with van der Waals surface area (Å²) >= 11 is 0. The minimum atomic E-state index is -4.93. The molecular formula is C23H14F4N6O2. The molecule has 2 aromatic carbocycles. The number of halogens is 4. The molecule has 0 bridgehead atoms. The summed E-state index contributed by atoms with van der Waals surface area (Å²) in [7, 11) is 0. The fourth-order valence-corrected chi connectivity index (χ4v) is 3.43. The van der Waals surface area contributed by atoms with Gasteiger partial charge in [0.25, 0.3) is 5.91 Å². The number of rotatable bonds is 5. The van der Waals surface area contributed by atoms with Crippen LogP contribution in [0.5, 0.6) is 11.5 Å². The Morgan fingerprint density at radius 1 is 1.03 bits per heavy atom. The van der Waals surface area contributed by atoms with Crippen molar-refractivity contribution in [1.82, 2.24) is 25.0 Å². The van der Waals surface area contributed by atoms with E-state index in [1.807, 2.05) is 0 Å². The first-order chi connectivity index (χ1) is 16.8. The number of alkyl halides is 3. The summed E-state index contributed by atoms with van der Waals surface area (Å²) in [4.78, 5) is 19.7. The minimum absolute atomic E-state index is 0.0755. The lowest BCUT2D eigenvalue weighted by Gasteiger charge is -2.12. The number of anilines is 1. The van der Waals surface area contributed by atoms with Gasteiger partial charge in [0, 0.05) is 24.1 Å². The van der Waals surface area contributed by atoms with Gasteiger partial charge in [-0.1, -0.05) is 23.4 Å². The van der Waals surface area contributed by atoms with Crippen molar-refractivity contribution in [3.8, 4) is 17.2 Å². The Kier molecular flexibility index (Phi) is 5.40. The number of nitrogens with zero attached hydrogens (tertiary/aromatic N) is 4. The molecule has 8 nitrogen and oxygen atoms in total. The Labute approximate surface area is 194 Å². The molecule has 176 valence electrons. The Morgan fingerprint density at radius 3 is 2.57 bits per heavy atom. The molecule has 2 N–H and O–H groups in total. The summed E-state index contributed by atoms with van der Waals surface area (Å²) in [5.41, 5.74) is -1.77. The second-order valence-corrected chi connectivity index (χ2v) is 7.28. The summed E-state index contributed by atoms with van der Waals surface area (Å²) in [5, 5.41) is 9.78. The van der Waals surface area contributed by atoms with Crippen LogP contribution in [-0.2, 0) is 6.18 Å². The number of para-hydroxylation sites is 1. The highest BCUT2D eigenvalue weighted by molar-refractivity contribution is 6.03. The molecule has 0 unspecified atom stereocenters. The van der Waals surface area contributed by atoms with Crippen LogP contribution in [0.4, 0.5) is 23.2 Å². The van der Waals surface area contributed by atoms with Gasteiger partial charge in [-0.3, -0.25) is 4.79 Å². The van der Waals surface area contributed by atoms with Crippen LogP contribution in [-0.4, -0.2) is 30.9 Å². The number of aromatic amines is 1. The molecule has 5 aromatic rings. The first kappa shape index (κ1) is 22.1. The van der Waals surface area contributed by atoms with E-state index in [0.717, 1.165) is 6.07 Å². The van der Waals surface area contributed by atoms with Crippen LogP contribution in [0.3, 0.4) is 0 Å². The maximum atomic E-state index is 14.7. The van der Waals surface area contributed by atoms with Gasteiger partial charge in [-0.25, -0.2) is 14.1 Å². The predicted octanol–water partition coefficient (Wildman–Crippen LogP) is 5.35. The van der Waals surface area contributed by atoms with Gasteiger partial charge in [-0.2, -0.15) is 13.2 Å². The SMILES string of the molecule is O=C(Nc1ccc(Oc2ccnc3[nH]ccc23)c(F)c1)c1nnn(-c2ccccc2)c1C(F)(F)F.